The minimum atomic E-state index is -0.0639. The Morgan fingerprint density at radius 1 is 1.37 bits per heavy atom. The summed E-state index contributed by atoms with van der Waals surface area (Å²) in [5.74, 6) is -0.0639. The molecule has 1 aliphatic carbocycles. The summed E-state index contributed by atoms with van der Waals surface area (Å²) in [4.78, 5) is 14.6. The maximum absolute atomic E-state index is 12.1. The summed E-state index contributed by atoms with van der Waals surface area (Å²) in [6.07, 6.45) is 3.66. The predicted octanol–water partition coefficient (Wildman–Crippen LogP) is 1.89. The number of halogens is 1. The van der Waals surface area contributed by atoms with E-state index in [0.717, 1.165) is 25.6 Å². The Kier molecular flexibility index (Phi) is 3.37. The molecular formula is C14H18ClN3O. The fraction of sp³-hybridized carbons (Fsp3) is 0.500. The number of nitrogen functional groups attached to an aromatic ring is 1. The van der Waals surface area contributed by atoms with E-state index in [1.54, 1.807) is 18.2 Å². The second-order valence-electron chi connectivity index (χ2n) is 5.42. The van der Waals surface area contributed by atoms with Crippen LogP contribution in [0, 0.1) is 0 Å². The third kappa shape index (κ3) is 2.85. The van der Waals surface area contributed by atoms with Gasteiger partial charge in [-0.2, -0.15) is 0 Å². The molecule has 0 radical (unpaired) electrons. The van der Waals surface area contributed by atoms with Gasteiger partial charge in [0.05, 0.1) is 10.7 Å². The molecule has 1 atom stereocenters. The van der Waals surface area contributed by atoms with Crippen molar-refractivity contribution in [1.29, 1.82) is 0 Å². The summed E-state index contributed by atoms with van der Waals surface area (Å²) in [5, 5.41) is 3.56. The number of rotatable bonds is 3. The van der Waals surface area contributed by atoms with E-state index in [9.17, 15) is 4.79 Å². The number of carbonyl (C=O) groups is 1. The number of hydrogen-bond donors (Lipinski definition) is 2. The van der Waals surface area contributed by atoms with Crippen molar-refractivity contribution in [2.75, 3.05) is 18.8 Å². The smallest absolute Gasteiger partial charge is 0.251 e. The van der Waals surface area contributed by atoms with Crippen LogP contribution in [0.5, 0.6) is 0 Å². The van der Waals surface area contributed by atoms with E-state index in [1.165, 1.54) is 12.8 Å². The lowest BCUT2D eigenvalue weighted by Crippen LogP contribution is -2.37. The van der Waals surface area contributed by atoms with Crippen LogP contribution >= 0.6 is 11.6 Å². The van der Waals surface area contributed by atoms with E-state index in [-0.39, 0.29) is 11.9 Å². The molecule has 3 N–H and O–H groups in total. The first-order valence-corrected chi connectivity index (χ1v) is 7.11. The normalized spacial score (nSPS) is 23.5. The van der Waals surface area contributed by atoms with Crippen LogP contribution in [0.3, 0.4) is 0 Å². The number of anilines is 1. The standard InChI is InChI=1S/C14H18ClN3O/c15-12-4-1-9(7-13(12)16)14(19)17-10-5-6-18(8-10)11-2-3-11/h1,4,7,10-11H,2-3,5-6,8,16H2,(H,17,19). The van der Waals surface area contributed by atoms with E-state index in [0.29, 0.717) is 16.3 Å². The van der Waals surface area contributed by atoms with Gasteiger partial charge in [0.2, 0.25) is 0 Å². The fourth-order valence-electron chi connectivity index (χ4n) is 2.63. The molecule has 1 aromatic rings. The minimum absolute atomic E-state index is 0.0639. The van der Waals surface area contributed by atoms with Gasteiger partial charge < -0.3 is 11.1 Å². The van der Waals surface area contributed by atoms with Gasteiger partial charge in [-0.05, 0) is 37.5 Å². The molecule has 1 aliphatic heterocycles. The zero-order valence-electron chi connectivity index (χ0n) is 10.7. The fourth-order valence-corrected chi connectivity index (χ4v) is 2.75. The third-order valence-corrected chi connectivity index (χ3v) is 4.22. The molecule has 2 fully saturated rings. The Hall–Kier alpha value is -1.26. The van der Waals surface area contributed by atoms with Crippen LogP contribution in [0.4, 0.5) is 5.69 Å². The van der Waals surface area contributed by atoms with Crippen molar-refractivity contribution >= 4 is 23.2 Å². The number of benzene rings is 1. The topological polar surface area (TPSA) is 58.4 Å². The minimum Gasteiger partial charge on any atom is -0.398 e. The quantitative estimate of drug-likeness (QED) is 0.831. The predicted molar refractivity (Wildman–Crippen MR) is 76.3 cm³/mol. The molecule has 3 rings (SSSR count). The van der Waals surface area contributed by atoms with E-state index in [2.05, 4.69) is 10.2 Å². The Morgan fingerprint density at radius 3 is 2.84 bits per heavy atom. The molecule has 4 nitrogen and oxygen atoms in total. The second kappa shape index (κ2) is 5.02. The summed E-state index contributed by atoms with van der Waals surface area (Å²) in [6, 6.07) is 6.03. The highest BCUT2D eigenvalue weighted by Crippen LogP contribution is 2.29. The first kappa shape index (κ1) is 12.8. The number of carbonyl (C=O) groups excluding carboxylic acids is 1. The molecule has 1 saturated heterocycles. The van der Waals surface area contributed by atoms with E-state index < -0.39 is 0 Å². The third-order valence-electron chi connectivity index (χ3n) is 3.88. The van der Waals surface area contributed by atoms with Crippen LogP contribution in [0.25, 0.3) is 0 Å². The van der Waals surface area contributed by atoms with Gasteiger partial charge >= 0.3 is 0 Å². The van der Waals surface area contributed by atoms with Crippen LogP contribution in [0.2, 0.25) is 5.02 Å². The van der Waals surface area contributed by atoms with Crippen LogP contribution in [0.15, 0.2) is 18.2 Å². The van der Waals surface area contributed by atoms with Crippen molar-refractivity contribution in [2.45, 2.75) is 31.3 Å². The Bertz CT molecular complexity index is 501. The maximum atomic E-state index is 12.1. The highest BCUT2D eigenvalue weighted by Gasteiger charge is 2.34. The van der Waals surface area contributed by atoms with Gasteiger partial charge in [0.15, 0.2) is 0 Å². The first-order chi connectivity index (χ1) is 9.13. The molecule has 1 unspecified atom stereocenters. The summed E-state index contributed by atoms with van der Waals surface area (Å²) in [6.45, 7) is 2.07. The van der Waals surface area contributed by atoms with E-state index in [1.807, 2.05) is 0 Å². The number of likely N-dealkylation sites (tertiary alicyclic amines) is 1. The lowest BCUT2D eigenvalue weighted by Gasteiger charge is -2.16. The highest BCUT2D eigenvalue weighted by atomic mass is 35.5. The maximum Gasteiger partial charge on any atom is 0.251 e. The van der Waals surface area contributed by atoms with Gasteiger partial charge in [-0.15, -0.1) is 0 Å². The molecule has 2 aliphatic rings. The first-order valence-electron chi connectivity index (χ1n) is 6.73. The van der Waals surface area contributed by atoms with Gasteiger partial charge in [0, 0.05) is 30.7 Å². The summed E-state index contributed by atoms with van der Waals surface area (Å²) >= 11 is 5.85. The lowest BCUT2D eigenvalue weighted by atomic mass is 10.1. The molecule has 1 amide bonds. The molecule has 102 valence electrons. The van der Waals surface area contributed by atoms with Crippen molar-refractivity contribution in [3.05, 3.63) is 28.8 Å². The van der Waals surface area contributed by atoms with Crippen LogP contribution in [0.1, 0.15) is 29.6 Å². The summed E-state index contributed by atoms with van der Waals surface area (Å²) in [7, 11) is 0. The van der Waals surface area contributed by atoms with Crippen molar-refractivity contribution in [3.63, 3.8) is 0 Å². The van der Waals surface area contributed by atoms with Crippen molar-refractivity contribution < 1.29 is 4.79 Å². The monoisotopic (exact) mass is 279 g/mol. The van der Waals surface area contributed by atoms with Crippen LogP contribution < -0.4 is 11.1 Å². The van der Waals surface area contributed by atoms with Gasteiger partial charge in [-0.3, -0.25) is 9.69 Å². The zero-order valence-corrected chi connectivity index (χ0v) is 11.5. The molecule has 19 heavy (non-hydrogen) atoms. The average molecular weight is 280 g/mol. The molecule has 0 spiro atoms. The van der Waals surface area contributed by atoms with Crippen molar-refractivity contribution in [2.24, 2.45) is 0 Å². The largest absolute Gasteiger partial charge is 0.398 e. The van der Waals surface area contributed by atoms with Crippen LogP contribution in [-0.2, 0) is 0 Å². The Labute approximate surface area is 117 Å². The second-order valence-corrected chi connectivity index (χ2v) is 5.83. The summed E-state index contributed by atoms with van der Waals surface area (Å²) < 4.78 is 0. The Morgan fingerprint density at radius 2 is 2.16 bits per heavy atom. The number of nitrogens with zero attached hydrogens (tertiary/aromatic N) is 1. The van der Waals surface area contributed by atoms with Gasteiger partial charge in [0.25, 0.3) is 5.91 Å². The molecule has 0 aromatic heterocycles. The van der Waals surface area contributed by atoms with E-state index >= 15 is 0 Å². The van der Waals surface area contributed by atoms with Gasteiger partial charge in [-0.1, -0.05) is 11.6 Å². The van der Waals surface area contributed by atoms with Crippen molar-refractivity contribution in [3.8, 4) is 0 Å². The number of hydrogen-bond acceptors (Lipinski definition) is 3. The molecule has 0 bridgehead atoms. The molecule has 1 saturated carbocycles. The lowest BCUT2D eigenvalue weighted by molar-refractivity contribution is 0.0937. The molecule has 1 aromatic carbocycles. The number of nitrogens with two attached hydrogens (primary N) is 1. The zero-order chi connectivity index (χ0) is 13.4. The van der Waals surface area contributed by atoms with Crippen molar-refractivity contribution in [1.82, 2.24) is 10.2 Å². The highest BCUT2D eigenvalue weighted by molar-refractivity contribution is 6.33. The van der Waals surface area contributed by atoms with Gasteiger partial charge in [0.1, 0.15) is 0 Å². The SMILES string of the molecule is Nc1cc(C(=O)NC2CCN(C3CC3)C2)ccc1Cl. The molecule has 5 heteroatoms. The number of nitrogens with one attached hydrogen (secondary N) is 1. The van der Waals surface area contributed by atoms with Crippen LogP contribution in [-0.4, -0.2) is 36.0 Å². The average Bonchev–Trinajstić information content (AvgIpc) is 3.14. The van der Waals surface area contributed by atoms with E-state index in [4.69, 9.17) is 17.3 Å². The molecule has 1 heterocycles. The number of amides is 1. The molecular weight excluding hydrogens is 262 g/mol. The summed E-state index contributed by atoms with van der Waals surface area (Å²) in [5.41, 5.74) is 6.74. The Balaban J connectivity index is 1.60. The van der Waals surface area contributed by atoms with Gasteiger partial charge in [-0.25, -0.2) is 0 Å².